The van der Waals surface area contributed by atoms with Gasteiger partial charge in [0.05, 0.1) is 24.1 Å². The van der Waals surface area contributed by atoms with Gasteiger partial charge < -0.3 is 10.5 Å². The van der Waals surface area contributed by atoms with Crippen molar-refractivity contribution in [2.75, 3.05) is 0 Å². The molecule has 1 rings (SSSR count). The molecule has 0 heterocycles. The van der Waals surface area contributed by atoms with Gasteiger partial charge in [-0.2, -0.15) is 8.67 Å². The molecule has 1 aromatic carbocycles. The first-order valence-corrected chi connectivity index (χ1v) is 5.12. The summed E-state index contributed by atoms with van der Waals surface area (Å²) in [6, 6.07) is 5.18. The molecule has 0 N–H and O–H groups in total. The minimum atomic E-state index is 0. The molecule has 84 valence electrons. The number of rotatable bonds is 6. The van der Waals surface area contributed by atoms with Crippen molar-refractivity contribution in [1.82, 2.24) is 0 Å². The second-order valence-corrected chi connectivity index (χ2v) is 3.97. The molecule has 0 fully saturated rings. The summed E-state index contributed by atoms with van der Waals surface area (Å²) in [5.74, 6) is 0. The Morgan fingerprint density at radius 2 is 1.29 bits per heavy atom. The van der Waals surface area contributed by atoms with Crippen molar-refractivity contribution >= 4 is 24.1 Å². The van der Waals surface area contributed by atoms with Crippen LogP contribution in [0.2, 0.25) is 0 Å². The summed E-state index contributed by atoms with van der Waals surface area (Å²) in [6.07, 6.45) is 0. The quantitative estimate of drug-likeness (QED) is 0.222. The Bertz CT molecular complexity index is 290. The van der Waals surface area contributed by atoms with Gasteiger partial charge in [-0.25, -0.2) is 0 Å². The van der Waals surface area contributed by atoms with Gasteiger partial charge in [-0.15, -0.1) is 0 Å². The average molecular weight is 296 g/mol. The van der Waals surface area contributed by atoms with E-state index in [0.29, 0.717) is 9.79 Å². The zero-order valence-electron chi connectivity index (χ0n) is 9.50. The van der Waals surface area contributed by atoms with E-state index in [1.165, 1.54) is 0 Å². The molecule has 10 heteroatoms. The van der Waals surface area contributed by atoms with Crippen LogP contribution >= 0.6 is 24.1 Å². The van der Waals surface area contributed by atoms with Crippen molar-refractivity contribution < 1.29 is 88.4 Å². The van der Waals surface area contributed by atoms with Crippen LogP contribution in [0.1, 0.15) is 5.56 Å². The number of hydrogen-bond donors (Lipinski definition) is 0. The summed E-state index contributed by atoms with van der Waals surface area (Å²) in [6.45, 7) is 1.84. The molecule has 0 aromatic heterocycles. The maximum atomic E-state index is 9.61. The standard InChI is InChI=1S/C7H8O6S2.2Na/c1-5-2-6(14-12-10-8)4-7(3-5)15-13-11-9;;/h2-4,8-9H,1H3;;/q;2*+1/p-2. The van der Waals surface area contributed by atoms with Crippen LogP contribution < -0.4 is 69.6 Å². The van der Waals surface area contributed by atoms with Crippen molar-refractivity contribution in [3.05, 3.63) is 23.8 Å². The Balaban J connectivity index is 0. The molecule has 0 aliphatic heterocycles. The van der Waals surface area contributed by atoms with Crippen LogP contribution in [0.5, 0.6) is 0 Å². The molecule has 0 radical (unpaired) electrons. The number of hydrogen-bond acceptors (Lipinski definition) is 8. The Labute approximate surface area is 151 Å². The van der Waals surface area contributed by atoms with E-state index in [1.807, 2.05) is 6.92 Å². The molecule has 0 spiro atoms. The zero-order chi connectivity index (χ0) is 11.1. The fraction of sp³-hybridized carbons (Fsp3) is 0.143. The van der Waals surface area contributed by atoms with E-state index in [0.717, 1.165) is 29.6 Å². The molecule has 0 unspecified atom stereocenters. The molecule has 0 bridgehead atoms. The van der Waals surface area contributed by atoms with Gasteiger partial charge in [0, 0.05) is 9.79 Å². The van der Waals surface area contributed by atoms with Crippen molar-refractivity contribution in [2.24, 2.45) is 0 Å². The van der Waals surface area contributed by atoms with E-state index in [9.17, 15) is 10.5 Å². The molecule has 1 aromatic rings. The predicted molar refractivity (Wildman–Crippen MR) is 47.2 cm³/mol. The zero-order valence-corrected chi connectivity index (χ0v) is 15.1. The first kappa shape index (κ1) is 21.0. The van der Waals surface area contributed by atoms with Gasteiger partial charge in [0.2, 0.25) is 0 Å². The largest absolute Gasteiger partial charge is 1.00 e. The minimum absolute atomic E-state index is 0. The molecular weight excluding hydrogens is 290 g/mol. The fourth-order valence-electron chi connectivity index (χ4n) is 0.917. The third-order valence-corrected chi connectivity index (χ3v) is 2.44. The van der Waals surface area contributed by atoms with Gasteiger partial charge >= 0.3 is 59.1 Å². The molecule has 0 aliphatic rings. The first-order valence-electron chi connectivity index (χ1n) is 3.64. The van der Waals surface area contributed by atoms with Gasteiger partial charge in [-0.1, -0.05) is 0 Å². The van der Waals surface area contributed by atoms with Crippen molar-refractivity contribution in [3.8, 4) is 0 Å². The van der Waals surface area contributed by atoms with E-state index in [-0.39, 0.29) is 59.1 Å². The molecule has 17 heavy (non-hydrogen) atoms. The third kappa shape index (κ3) is 9.25. The van der Waals surface area contributed by atoms with Crippen LogP contribution in [0, 0.1) is 6.92 Å². The van der Waals surface area contributed by atoms with E-state index in [2.05, 4.69) is 18.7 Å². The van der Waals surface area contributed by atoms with Crippen LogP contribution in [0.3, 0.4) is 0 Å². The van der Waals surface area contributed by atoms with Crippen molar-refractivity contribution in [2.45, 2.75) is 16.7 Å². The van der Waals surface area contributed by atoms with Crippen LogP contribution in [-0.4, -0.2) is 0 Å². The maximum absolute atomic E-state index is 9.61. The molecular formula is C7H6Na2O6S2. The van der Waals surface area contributed by atoms with Crippen molar-refractivity contribution in [1.29, 1.82) is 0 Å². The van der Waals surface area contributed by atoms with Crippen LogP contribution in [0.15, 0.2) is 28.0 Å². The third-order valence-electron chi connectivity index (χ3n) is 1.34. The Morgan fingerprint density at radius 3 is 1.65 bits per heavy atom. The topological polar surface area (TPSA) is 83.0 Å². The van der Waals surface area contributed by atoms with Gasteiger partial charge in [-0.05, 0) is 30.7 Å². The monoisotopic (exact) mass is 296 g/mol. The molecule has 0 atom stereocenters. The summed E-state index contributed by atoms with van der Waals surface area (Å²) >= 11 is 1.52. The summed E-state index contributed by atoms with van der Waals surface area (Å²) < 4.78 is 8.30. The first-order chi connectivity index (χ1) is 7.26. The second-order valence-electron chi connectivity index (χ2n) is 2.42. The summed E-state index contributed by atoms with van der Waals surface area (Å²) in [5, 5.41) is 25.6. The van der Waals surface area contributed by atoms with Gasteiger partial charge in [-0.3, -0.25) is 10.1 Å². The van der Waals surface area contributed by atoms with E-state index in [4.69, 9.17) is 0 Å². The Hall–Kier alpha value is 1.68. The number of aryl methyl sites for hydroxylation is 1. The maximum Gasteiger partial charge on any atom is 1.00 e. The summed E-state index contributed by atoms with van der Waals surface area (Å²) in [5.41, 5.74) is 0.909. The second kappa shape index (κ2) is 12.7. The molecule has 0 saturated carbocycles. The van der Waals surface area contributed by atoms with Crippen LogP contribution in [-0.2, 0) is 18.7 Å². The summed E-state index contributed by atoms with van der Waals surface area (Å²) in [4.78, 5) is 1.28. The van der Waals surface area contributed by atoms with Crippen LogP contribution in [0.4, 0.5) is 0 Å². The summed E-state index contributed by atoms with van der Waals surface area (Å²) in [7, 11) is 0. The van der Waals surface area contributed by atoms with Crippen molar-refractivity contribution in [3.63, 3.8) is 0 Å². The normalized spacial score (nSPS) is 9.35. The number of benzene rings is 1. The Kier molecular flexibility index (Phi) is 15.7. The Morgan fingerprint density at radius 1 is 0.882 bits per heavy atom. The van der Waals surface area contributed by atoms with E-state index >= 15 is 0 Å². The van der Waals surface area contributed by atoms with Crippen LogP contribution in [0.25, 0.3) is 0 Å². The minimum Gasteiger partial charge on any atom is -0.691 e. The molecule has 0 aliphatic carbocycles. The smallest absolute Gasteiger partial charge is 0.691 e. The van der Waals surface area contributed by atoms with E-state index < -0.39 is 0 Å². The predicted octanol–water partition coefficient (Wildman–Crippen LogP) is -5.54. The molecule has 6 nitrogen and oxygen atoms in total. The molecule has 0 amide bonds. The van der Waals surface area contributed by atoms with E-state index in [1.54, 1.807) is 18.2 Å². The average Bonchev–Trinajstić information content (AvgIpc) is 2.23. The van der Waals surface area contributed by atoms with Gasteiger partial charge in [0.1, 0.15) is 0 Å². The molecule has 0 saturated heterocycles. The van der Waals surface area contributed by atoms with Gasteiger partial charge in [0.15, 0.2) is 0 Å². The van der Waals surface area contributed by atoms with Gasteiger partial charge in [0.25, 0.3) is 0 Å². The fourth-order valence-corrected chi connectivity index (χ4v) is 2.02. The SMILES string of the molecule is Cc1cc(SOO[O-])cc(SOO[O-])c1.[Na+].[Na+].